The third-order valence-corrected chi connectivity index (χ3v) is 7.78. The Morgan fingerprint density at radius 2 is 1.73 bits per heavy atom. The topological polar surface area (TPSA) is 49.9 Å². The molecule has 5 nitrogen and oxygen atoms in total. The highest BCUT2D eigenvalue weighted by Gasteiger charge is 2.27. The SMILES string of the molecule is CCCCc1ccc(C(=O)N(CC(=O)N(Cc2ccccc2)Cc2ccc(C)s2)CC2CCCO2)cc1. The van der Waals surface area contributed by atoms with Gasteiger partial charge in [-0.2, -0.15) is 0 Å². The van der Waals surface area contributed by atoms with Crippen LogP contribution in [0.5, 0.6) is 0 Å². The normalized spacial score (nSPS) is 15.0. The van der Waals surface area contributed by atoms with Gasteiger partial charge in [-0.1, -0.05) is 55.8 Å². The van der Waals surface area contributed by atoms with Crippen LogP contribution in [0.25, 0.3) is 0 Å². The van der Waals surface area contributed by atoms with E-state index in [-0.39, 0.29) is 24.5 Å². The largest absolute Gasteiger partial charge is 0.376 e. The van der Waals surface area contributed by atoms with Gasteiger partial charge in [0.05, 0.1) is 12.6 Å². The molecule has 1 saturated heterocycles. The van der Waals surface area contributed by atoms with Crippen molar-refractivity contribution in [3.8, 4) is 0 Å². The molecule has 1 fully saturated rings. The number of thiophene rings is 1. The molecule has 1 aliphatic heterocycles. The van der Waals surface area contributed by atoms with Crippen LogP contribution in [-0.4, -0.2) is 47.4 Å². The minimum absolute atomic E-state index is 0.0249. The Morgan fingerprint density at radius 3 is 2.38 bits per heavy atom. The Balaban J connectivity index is 1.52. The van der Waals surface area contributed by atoms with Gasteiger partial charge in [-0.05, 0) is 68.0 Å². The standard InChI is InChI=1S/C31H38N2O3S/c1-3-4-9-25-14-16-27(17-15-25)31(35)33(21-28-12-8-19-36-28)23-30(34)32(20-26-10-6-5-7-11-26)22-29-18-13-24(2)37-29/h5-7,10-11,13-18,28H,3-4,8-9,12,19-23H2,1-2H3. The summed E-state index contributed by atoms with van der Waals surface area (Å²) in [4.78, 5) is 33.3. The van der Waals surface area contributed by atoms with Gasteiger partial charge in [0.2, 0.25) is 5.91 Å². The van der Waals surface area contributed by atoms with Crippen LogP contribution in [0.15, 0.2) is 66.7 Å². The smallest absolute Gasteiger partial charge is 0.254 e. The monoisotopic (exact) mass is 518 g/mol. The Labute approximate surface area is 225 Å². The summed E-state index contributed by atoms with van der Waals surface area (Å²) >= 11 is 1.70. The summed E-state index contributed by atoms with van der Waals surface area (Å²) in [5.41, 5.74) is 2.93. The van der Waals surface area contributed by atoms with E-state index in [9.17, 15) is 9.59 Å². The van der Waals surface area contributed by atoms with Crippen molar-refractivity contribution >= 4 is 23.2 Å². The molecule has 1 aromatic heterocycles. The Kier molecular flexibility index (Phi) is 9.92. The zero-order chi connectivity index (χ0) is 26.0. The van der Waals surface area contributed by atoms with E-state index in [4.69, 9.17) is 4.74 Å². The van der Waals surface area contributed by atoms with E-state index in [1.54, 1.807) is 16.2 Å². The molecule has 2 aromatic carbocycles. The van der Waals surface area contributed by atoms with Crippen LogP contribution in [0.2, 0.25) is 0 Å². The second-order valence-corrected chi connectivity index (χ2v) is 11.2. The highest BCUT2D eigenvalue weighted by Crippen LogP contribution is 2.20. The summed E-state index contributed by atoms with van der Waals surface area (Å²) in [5.74, 6) is -0.168. The van der Waals surface area contributed by atoms with E-state index < -0.39 is 0 Å². The van der Waals surface area contributed by atoms with Crippen LogP contribution in [0.1, 0.15) is 63.8 Å². The van der Waals surface area contributed by atoms with Gasteiger partial charge in [-0.3, -0.25) is 9.59 Å². The molecule has 0 bridgehead atoms. The lowest BCUT2D eigenvalue weighted by molar-refractivity contribution is -0.133. The lowest BCUT2D eigenvalue weighted by Gasteiger charge is -2.29. The molecule has 2 amide bonds. The van der Waals surface area contributed by atoms with E-state index in [0.29, 0.717) is 31.8 Å². The quantitative estimate of drug-likeness (QED) is 0.285. The van der Waals surface area contributed by atoms with Gasteiger partial charge >= 0.3 is 0 Å². The number of hydrogen-bond donors (Lipinski definition) is 0. The number of ether oxygens (including phenoxy) is 1. The predicted molar refractivity (Wildman–Crippen MR) is 150 cm³/mol. The van der Waals surface area contributed by atoms with Crippen molar-refractivity contribution in [2.24, 2.45) is 0 Å². The second kappa shape index (κ2) is 13.5. The van der Waals surface area contributed by atoms with Gasteiger partial charge in [0.15, 0.2) is 0 Å². The van der Waals surface area contributed by atoms with Crippen molar-refractivity contribution < 1.29 is 14.3 Å². The van der Waals surface area contributed by atoms with Crippen LogP contribution in [0.3, 0.4) is 0 Å². The third-order valence-electron chi connectivity index (χ3n) is 6.79. The minimum atomic E-state index is -0.113. The van der Waals surface area contributed by atoms with Crippen molar-refractivity contribution in [3.05, 3.63) is 93.2 Å². The lowest BCUT2D eigenvalue weighted by atomic mass is 10.1. The maximum absolute atomic E-state index is 13.7. The van der Waals surface area contributed by atoms with Crippen molar-refractivity contribution in [1.82, 2.24) is 9.80 Å². The van der Waals surface area contributed by atoms with Gasteiger partial charge in [0.1, 0.15) is 6.54 Å². The van der Waals surface area contributed by atoms with E-state index >= 15 is 0 Å². The number of carbonyl (C=O) groups excluding carboxylic acids is 2. The molecule has 0 saturated carbocycles. The molecule has 1 aliphatic rings. The van der Waals surface area contributed by atoms with Gasteiger partial charge in [0, 0.05) is 35.0 Å². The third kappa shape index (κ3) is 8.01. The number of carbonyl (C=O) groups is 2. The van der Waals surface area contributed by atoms with Crippen LogP contribution in [0, 0.1) is 6.92 Å². The zero-order valence-electron chi connectivity index (χ0n) is 22.0. The molecular weight excluding hydrogens is 480 g/mol. The molecule has 1 unspecified atom stereocenters. The number of aryl methyl sites for hydroxylation is 2. The number of benzene rings is 2. The van der Waals surface area contributed by atoms with Crippen LogP contribution in [0.4, 0.5) is 0 Å². The Hall–Kier alpha value is -2.96. The van der Waals surface area contributed by atoms with Crippen molar-refractivity contribution in [2.45, 2.75) is 65.1 Å². The minimum Gasteiger partial charge on any atom is -0.376 e. The molecule has 2 heterocycles. The number of unbranched alkanes of at least 4 members (excludes halogenated alkanes) is 1. The van der Waals surface area contributed by atoms with Gasteiger partial charge in [-0.25, -0.2) is 0 Å². The van der Waals surface area contributed by atoms with E-state index in [2.05, 4.69) is 26.0 Å². The first-order valence-electron chi connectivity index (χ1n) is 13.4. The Morgan fingerprint density at radius 1 is 0.946 bits per heavy atom. The molecule has 0 spiro atoms. The predicted octanol–water partition coefficient (Wildman–Crippen LogP) is 6.25. The summed E-state index contributed by atoms with van der Waals surface area (Å²) in [6, 6.07) is 22.1. The molecule has 0 N–H and O–H groups in total. The average molecular weight is 519 g/mol. The van der Waals surface area contributed by atoms with E-state index in [0.717, 1.165) is 42.5 Å². The summed E-state index contributed by atoms with van der Waals surface area (Å²) in [6.07, 6.45) is 5.17. The first-order valence-corrected chi connectivity index (χ1v) is 14.2. The van der Waals surface area contributed by atoms with Crippen LogP contribution >= 0.6 is 11.3 Å². The highest BCUT2D eigenvalue weighted by molar-refractivity contribution is 7.11. The molecule has 3 aromatic rings. The summed E-state index contributed by atoms with van der Waals surface area (Å²) in [7, 11) is 0. The van der Waals surface area contributed by atoms with Crippen molar-refractivity contribution in [3.63, 3.8) is 0 Å². The van der Waals surface area contributed by atoms with Gasteiger partial charge in [0.25, 0.3) is 5.91 Å². The fourth-order valence-electron chi connectivity index (χ4n) is 4.69. The summed E-state index contributed by atoms with van der Waals surface area (Å²) < 4.78 is 5.85. The molecule has 196 valence electrons. The lowest BCUT2D eigenvalue weighted by Crippen LogP contribution is -2.45. The number of nitrogens with zero attached hydrogens (tertiary/aromatic N) is 2. The fraction of sp³-hybridized carbons (Fsp3) is 0.419. The van der Waals surface area contributed by atoms with Crippen LogP contribution in [-0.2, 0) is 29.0 Å². The average Bonchev–Trinajstić information content (AvgIpc) is 3.58. The summed E-state index contributed by atoms with van der Waals surface area (Å²) in [6.45, 7) is 6.47. The Bertz CT molecular complexity index is 1140. The molecule has 0 radical (unpaired) electrons. The zero-order valence-corrected chi connectivity index (χ0v) is 22.8. The van der Waals surface area contributed by atoms with Crippen LogP contribution < -0.4 is 0 Å². The molecular formula is C31H38N2O3S. The first kappa shape index (κ1) is 27.1. The fourth-order valence-corrected chi connectivity index (χ4v) is 5.59. The van der Waals surface area contributed by atoms with Gasteiger partial charge in [-0.15, -0.1) is 11.3 Å². The second-order valence-electron chi connectivity index (χ2n) is 9.87. The molecule has 37 heavy (non-hydrogen) atoms. The molecule has 4 rings (SSSR count). The molecule has 6 heteroatoms. The number of hydrogen-bond acceptors (Lipinski definition) is 4. The number of amides is 2. The summed E-state index contributed by atoms with van der Waals surface area (Å²) in [5, 5.41) is 0. The highest BCUT2D eigenvalue weighted by atomic mass is 32.1. The van der Waals surface area contributed by atoms with Crippen molar-refractivity contribution in [2.75, 3.05) is 19.7 Å². The maximum Gasteiger partial charge on any atom is 0.254 e. The van der Waals surface area contributed by atoms with Gasteiger partial charge < -0.3 is 14.5 Å². The maximum atomic E-state index is 13.7. The molecule has 1 atom stereocenters. The number of rotatable bonds is 12. The van der Waals surface area contributed by atoms with E-state index in [1.807, 2.05) is 59.5 Å². The molecule has 0 aliphatic carbocycles. The van der Waals surface area contributed by atoms with E-state index in [1.165, 1.54) is 10.4 Å². The van der Waals surface area contributed by atoms with Crippen molar-refractivity contribution in [1.29, 1.82) is 0 Å². The first-order chi connectivity index (χ1) is 18.0.